The largest absolute Gasteiger partial charge is 0.465 e. The molecule has 1 saturated heterocycles. The van der Waals surface area contributed by atoms with Crippen molar-refractivity contribution < 1.29 is 14.7 Å². The Labute approximate surface area is 115 Å². The minimum absolute atomic E-state index is 0.0649. The Morgan fingerprint density at radius 2 is 2.37 bits per heavy atom. The fourth-order valence-corrected chi connectivity index (χ4v) is 2.31. The van der Waals surface area contributed by atoms with Crippen molar-refractivity contribution in [3.63, 3.8) is 0 Å². The molecular formula is C12H14ClN3O3. The van der Waals surface area contributed by atoms with Crippen LogP contribution < -0.4 is 4.90 Å². The van der Waals surface area contributed by atoms with Gasteiger partial charge in [-0.25, -0.2) is 4.79 Å². The Morgan fingerprint density at radius 3 is 3.00 bits per heavy atom. The van der Waals surface area contributed by atoms with Gasteiger partial charge in [-0.15, -0.1) is 0 Å². The molecule has 7 heteroatoms. The highest BCUT2D eigenvalue weighted by Crippen LogP contribution is 2.28. The second-order valence-electron chi connectivity index (χ2n) is 4.42. The number of carbonyl (C=O) groups is 2. The number of halogens is 1. The molecule has 6 nitrogen and oxygen atoms in total. The van der Waals surface area contributed by atoms with E-state index < -0.39 is 6.09 Å². The van der Waals surface area contributed by atoms with Crippen LogP contribution in [0.15, 0.2) is 18.5 Å². The average molecular weight is 284 g/mol. The van der Waals surface area contributed by atoms with E-state index in [4.69, 9.17) is 16.7 Å². The first-order chi connectivity index (χ1) is 9.00. The van der Waals surface area contributed by atoms with Crippen LogP contribution in [0, 0.1) is 0 Å². The number of aromatic nitrogens is 1. The number of hydrogen-bond donors (Lipinski definition) is 1. The lowest BCUT2D eigenvalue weighted by Crippen LogP contribution is -2.50. The van der Waals surface area contributed by atoms with E-state index in [2.05, 4.69) is 4.98 Å². The molecule has 1 N–H and O–H groups in total. The fourth-order valence-electron chi connectivity index (χ4n) is 2.10. The Hall–Kier alpha value is -1.82. The fraction of sp³-hybridized carbons (Fsp3) is 0.417. The van der Waals surface area contributed by atoms with Gasteiger partial charge in [0.1, 0.15) is 0 Å². The minimum atomic E-state index is -1.00. The summed E-state index contributed by atoms with van der Waals surface area (Å²) in [5.74, 6) is -0.0649. The molecule has 102 valence electrons. The first-order valence-corrected chi connectivity index (χ1v) is 6.24. The molecule has 19 heavy (non-hydrogen) atoms. The van der Waals surface area contributed by atoms with Gasteiger partial charge in [0.25, 0.3) is 0 Å². The highest BCUT2D eigenvalue weighted by Gasteiger charge is 2.31. The summed E-state index contributed by atoms with van der Waals surface area (Å²) in [7, 11) is 1.51. The maximum absolute atomic E-state index is 12.0. The second-order valence-corrected chi connectivity index (χ2v) is 4.82. The molecule has 2 amide bonds. The van der Waals surface area contributed by atoms with Crippen LogP contribution in [-0.2, 0) is 4.79 Å². The molecule has 1 aliphatic heterocycles. The third kappa shape index (κ3) is 2.78. The number of carboxylic acid groups (broad SMARTS) is 1. The summed E-state index contributed by atoms with van der Waals surface area (Å²) in [6.07, 6.45) is 2.88. The van der Waals surface area contributed by atoms with Crippen LogP contribution in [-0.4, -0.2) is 46.6 Å². The Morgan fingerprint density at radius 1 is 1.63 bits per heavy atom. The highest BCUT2D eigenvalue weighted by atomic mass is 35.5. The average Bonchev–Trinajstić information content (AvgIpc) is 2.39. The lowest BCUT2D eigenvalue weighted by Gasteiger charge is -2.36. The number of likely N-dealkylation sites (N-methyl/N-ethyl adjacent to an activating group) is 1. The SMILES string of the molecule is CN(C(=O)O)C1CCC(=O)N(c2cnccc2Cl)C1. The molecule has 1 fully saturated rings. The first kappa shape index (κ1) is 13.6. The van der Waals surface area contributed by atoms with E-state index in [-0.39, 0.29) is 11.9 Å². The first-order valence-electron chi connectivity index (χ1n) is 5.86. The van der Waals surface area contributed by atoms with Crippen molar-refractivity contribution >= 4 is 29.3 Å². The maximum atomic E-state index is 12.0. The predicted molar refractivity (Wildman–Crippen MR) is 70.4 cm³/mol. The number of nitrogens with zero attached hydrogens (tertiary/aromatic N) is 3. The van der Waals surface area contributed by atoms with Crippen LogP contribution >= 0.6 is 11.6 Å². The number of carbonyl (C=O) groups excluding carboxylic acids is 1. The van der Waals surface area contributed by atoms with Crippen molar-refractivity contribution in [2.24, 2.45) is 0 Å². The molecule has 1 atom stereocenters. The van der Waals surface area contributed by atoms with E-state index >= 15 is 0 Å². The Bertz CT molecular complexity index is 509. The van der Waals surface area contributed by atoms with Gasteiger partial charge in [0.2, 0.25) is 5.91 Å². The number of piperidine rings is 1. The van der Waals surface area contributed by atoms with Crippen molar-refractivity contribution in [3.8, 4) is 0 Å². The van der Waals surface area contributed by atoms with Crippen LogP contribution in [0.3, 0.4) is 0 Å². The lowest BCUT2D eigenvalue weighted by molar-refractivity contribution is -0.120. The summed E-state index contributed by atoms with van der Waals surface area (Å²) in [4.78, 5) is 29.6. The quantitative estimate of drug-likeness (QED) is 0.899. The van der Waals surface area contributed by atoms with Gasteiger partial charge in [0.15, 0.2) is 0 Å². The molecule has 0 radical (unpaired) electrons. The molecule has 0 aliphatic carbocycles. The summed E-state index contributed by atoms with van der Waals surface area (Å²) < 4.78 is 0. The molecule has 0 spiro atoms. The summed E-state index contributed by atoms with van der Waals surface area (Å²) in [6, 6.07) is 1.38. The second kappa shape index (κ2) is 5.44. The summed E-state index contributed by atoms with van der Waals surface area (Å²) >= 11 is 6.05. The van der Waals surface area contributed by atoms with Crippen molar-refractivity contribution in [2.75, 3.05) is 18.5 Å². The van der Waals surface area contributed by atoms with Crippen LogP contribution in [0.2, 0.25) is 5.02 Å². The molecule has 2 rings (SSSR count). The zero-order chi connectivity index (χ0) is 14.0. The summed E-state index contributed by atoms with van der Waals surface area (Å²) in [6.45, 7) is 0.299. The minimum Gasteiger partial charge on any atom is -0.465 e. The molecule has 1 aromatic rings. The predicted octanol–water partition coefficient (Wildman–Crippen LogP) is 1.84. The normalized spacial score (nSPS) is 19.4. The maximum Gasteiger partial charge on any atom is 0.407 e. The van der Waals surface area contributed by atoms with Crippen molar-refractivity contribution in [3.05, 3.63) is 23.5 Å². The zero-order valence-electron chi connectivity index (χ0n) is 10.4. The van der Waals surface area contributed by atoms with Crippen LogP contribution in [0.4, 0.5) is 10.5 Å². The van der Waals surface area contributed by atoms with Gasteiger partial charge >= 0.3 is 6.09 Å². The van der Waals surface area contributed by atoms with Gasteiger partial charge in [-0.2, -0.15) is 0 Å². The number of anilines is 1. The molecular weight excluding hydrogens is 270 g/mol. The highest BCUT2D eigenvalue weighted by molar-refractivity contribution is 6.33. The van der Waals surface area contributed by atoms with E-state index in [0.717, 1.165) is 0 Å². The standard InChI is InChI=1S/C12H14ClN3O3/c1-15(12(18)19)8-2-3-11(17)16(7-8)10-6-14-5-4-9(10)13/h4-6,8H,2-3,7H2,1H3,(H,18,19). The Kier molecular flexibility index (Phi) is 3.90. The van der Waals surface area contributed by atoms with E-state index in [1.807, 2.05) is 0 Å². The molecule has 1 unspecified atom stereocenters. The monoisotopic (exact) mass is 283 g/mol. The van der Waals surface area contributed by atoms with Crippen LogP contribution in [0.25, 0.3) is 0 Å². The summed E-state index contributed by atoms with van der Waals surface area (Å²) in [5, 5.41) is 9.43. The van der Waals surface area contributed by atoms with Crippen LogP contribution in [0.5, 0.6) is 0 Å². The number of rotatable bonds is 2. The van der Waals surface area contributed by atoms with E-state index in [1.54, 1.807) is 12.3 Å². The van der Waals surface area contributed by atoms with Crippen molar-refractivity contribution in [1.82, 2.24) is 9.88 Å². The van der Waals surface area contributed by atoms with E-state index in [9.17, 15) is 9.59 Å². The number of amides is 2. The smallest absolute Gasteiger partial charge is 0.407 e. The molecule has 2 heterocycles. The van der Waals surface area contributed by atoms with Gasteiger partial charge in [-0.05, 0) is 12.5 Å². The van der Waals surface area contributed by atoms with E-state index in [0.29, 0.717) is 30.1 Å². The van der Waals surface area contributed by atoms with Gasteiger partial charge in [0.05, 0.1) is 22.9 Å². The lowest BCUT2D eigenvalue weighted by atomic mass is 10.0. The molecule has 0 aromatic carbocycles. The van der Waals surface area contributed by atoms with Gasteiger partial charge in [-0.1, -0.05) is 11.6 Å². The number of pyridine rings is 1. The van der Waals surface area contributed by atoms with Gasteiger partial charge in [0, 0.05) is 26.2 Å². The topological polar surface area (TPSA) is 73.7 Å². The Balaban J connectivity index is 2.22. The number of hydrogen-bond acceptors (Lipinski definition) is 3. The molecule has 1 aromatic heterocycles. The van der Waals surface area contributed by atoms with Crippen LogP contribution in [0.1, 0.15) is 12.8 Å². The van der Waals surface area contributed by atoms with Gasteiger partial charge < -0.3 is 14.9 Å². The zero-order valence-corrected chi connectivity index (χ0v) is 11.2. The molecule has 0 bridgehead atoms. The van der Waals surface area contributed by atoms with E-state index in [1.165, 1.54) is 23.0 Å². The molecule has 0 saturated carbocycles. The van der Waals surface area contributed by atoms with Crippen molar-refractivity contribution in [1.29, 1.82) is 0 Å². The molecule has 1 aliphatic rings. The third-order valence-corrected chi connectivity index (χ3v) is 3.59. The van der Waals surface area contributed by atoms with Gasteiger partial charge in [-0.3, -0.25) is 9.78 Å². The summed E-state index contributed by atoms with van der Waals surface area (Å²) in [5.41, 5.74) is 0.526. The van der Waals surface area contributed by atoms with Crippen molar-refractivity contribution in [2.45, 2.75) is 18.9 Å². The third-order valence-electron chi connectivity index (χ3n) is 3.27.